The molecular formula is C16H22ClNO4S. The lowest BCUT2D eigenvalue weighted by molar-refractivity contribution is -0.123. The molecule has 1 fully saturated rings. The molecule has 1 N–H and O–H groups in total. The van der Waals surface area contributed by atoms with Gasteiger partial charge in [0.2, 0.25) is 0 Å². The third-order valence-corrected chi connectivity index (χ3v) is 6.04. The molecule has 7 heteroatoms. The molecule has 0 bridgehead atoms. The van der Waals surface area contributed by atoms with Crippen molar-refractivity contribution in [2.75, 3.05) is 18.1 Å². The van der Waals surface area contributed by atoms with E-state index in [1.165, 1.54) is 0 Å². The molecule has 1 atom stereocenters. The average molecular weight is 360 g/mol. The number of amides is 1. The van der Waals surface area contributed by atoms with Crippen LogP contribution in [0.2, 0.25) is 5.02 Å². The normalized spacial score (nSPS) is 19.8. The predicted molar refractivity (Wildman–Crippen MR) is 91.0 cm³/mol. The Morgan fingerprint density at radius 2 is 2.13 bits per heavy atom. The summed E-state index contributed by atoms with van der Waals surface area (Å²) < 4.78 is 28.4. The maximum Gasteiger partial charge on any atom is 0.258 e. The van der Waals surface area contributed by atoms with Gasteiger partial charge < -0.3 is 10.1 Å². The Hall–Kier alpha value is -1.27. The minimum absolute atomic E-state index is 0.00996. The van der Waals surface area contributed by atoms with E-state index in [-0.39, 0.29) is 36.0 Å². The van der Waals surface area contributed by atoms with Crippen molar-refractivity contribution in [2.24, 2.45) is 0 Å². The first-order valence-corrected chi connectivity index (χ1v) is 9.80. The van der Waals surface area contributed by atoms with Gasteiger partial charge in [0.15, 0.2) is 16.4 Å². The second-order valence-electron chi connectivity index (χ2n) is 6.25. The van der Waals surface area contributed by atoms with Crippen molar-refractivity contribution in [2.45, 2.75) is 39.2 Å². The summed E-state index contributed by atoms with van der Waals surface area (Å²) in [5, 5.41) is 3.38. The number of ether oxygens (including phenoxy) is 1. The molecule has 1 heterocycles. The highest BCUT2D eigenvalue weighted by atomic mass is 35.5. The van der Waals surface area contributed by atoms with Crippen molar-refractivity contribution < 1.29 is 17.9 Å². The molecule has 1 saturated heterocycles. The third kappa shape index (κ3) is 4.85. The molecular weight excluding hydrogens is 338 g/mol. The first kappa shape index (κ1) is 18.1. The standard InChI is InChI=1S/C16H22ClNO4S/c1-10(2)13-7-14(17)11(3)6-15(13)22-8-16(19)18-12-4-5-23(20,21)9-12/h6-7,10,12H,4-5,8-9H2,1-3H3,(H,18,19)/t12-/m0/s1. The van der Waals surface area contributed by atoms with Gasteiger partial charge in [0.1, 0.15) is 5.75 Å². The van der Waals surface area contributed by atoms with Crippen molar-refractivity contribution >= 4 is 27.3 Å². The monoisotopic (exact) mass is 359 g/mol. The number of rotatable bonds is 5. The Labute approximate surface area is 142 Å². The number of hydrogen-bond acceptors (Lipinski definition) is 4. The van der Waals surface area contributed by atoms with E-state index in [0.717, 1.165) is 11.1 Å². The molecule has 1 aromatic carbocycles. The molecule has 1 aliphatic heterocycles. The first-order valence-electron chi connectivity index (χ1n) is 7.60. The van der Waals surface area contributed by atoms with Gasteiger partial charge in [-0.3, -0.25) is 4.79 Å². The van der Waals surface area contributed by atoms with E-state index >= 15 is 0 Å². The number of halogens is 1. The lowest BCUT2D eigenvalue weighted by atomic mass is 10.0. The van der Waals surface area contributed by atoms with Gasteiger partial charge in [-0.2, -0.15) is 0 Å². The number of nitrogens with one attached hydrogen (secondary N) is 1. The van der Waals surface area contributed by atoms with Crippen molar-refractivity contribution in [3.05, 3.63) is 28.3 Å². The molecule has 2 rings (SSSR count). The summed E-state index contributed by atoms with van der Waals surface area (Å²) in [7, 11) is -3.01. The molecule has 0 unspecified atom stereocenters. The van der Waals surface area contributed by atoms with Crippen molar-refractivity contribution in [1.82, 2.24) is 5.32 Å². The molecule has 0 saturated carbocycles. The van der Waals surface area contributed by atoms with E-state index in [0.29, 0.717) is 17.2 Å². The fourth-order valence-corrected chi connectivity index (χ4v) is 4.41. The molecule has 23 heavy (non-hydrogen) atoms. The summed E-state index contributed by atoms with van der Waals surface area (Å²) in [6.45, 7) is 5.79. The van der Waals surface area contributed by atoms with Crippen molar-refractivity contribution in [1.29, 1.82) is 0 Å². The average Bonchev–Trinajstić information content (AvgIpc) is 2.78. The summed E-state index contributed by atoms with van der Waals surface area (Å²) in [4.78, 5) is 12.0. The Morgan fingerprint density at radius 1 is 1.43 bits per heavy atom. The molecule has 0 aliphatic carbocycles. The van der Waals surface area contributed by atoms with Crippen LogP contribution in [0.3, 0.4) is 0 Å². The number of sulfone groups is 1. The van der Waals surface area contributed by atoms with Crippen LogP contribution < -0.4 is 10.1 Å². The zero-order valence-corrected chi connectivity index (χ0v) is 15.1. The molecule has 0 spiro atoms. The van der Waals surface area contributed by atoms with Crippen LogP contribution in [0.25, 0.3) is 0 Å². The number of hydrogen-bond donors (Lipinski definition) is 1. The Kier molecular flexibility index (Phi) is 5.57. The highest BCUT2D eigenvalue weighted by Gasteiger charge is 2.29. The fraction of sp³-hybridized carbons (Fsp3) is 0.562. The van der Waals surface area contributed by atoms with Crippen LogP contribution in [-0.4, -0.2) is 38.5 Å². The zero-order valence-electron chi connectivity index (χ0n) is 13.6. The van der Waals surface area contributed by atoms with Gasteiger partial charge in [-0.1, -0.05) is 25.4 Å². The first-order chi connectivity index (χ1) is 10.7. The second-order valence-corrected chi connectivity index (χ2v) is 8.89. The molecule has 1 amide bonds. The van der Waals surface area contributed by atoms with E-state index in [2.05, 4.69) is 5.32 Å². The number of carbonyl (C=O) groups is 1. The van der Waals surface area contributed by atoms with Gasteiger partial charge in [-0.25, -0.2) is 8.42 Å². The molecule has 0 radical (unpaired) electrons. The van der Waals surface area contributed by atoms with Gasteiger partial charge >= 0.3 is 0 Å². The van der Waals surface area contributed by atoms with Crippen LogP contribution in [0.1, 0.15) is 37.3 Å². The second kappa shape index (κ2) is 7.09. The fourth-order valence-electron chi connectivity index (χ4n) is 2.57. The van der Waals surface area contributed by atoms with Crippen LogP contribution >= 0.6 is 11.6 Å². The Balaban J connectivity index is 1.98. The van der Waals surface area contributed by atoms with E-state index in [1.54, 1.807) is 0 Å². The minimum atomic E-state index is -3.01. The molecule has 128 valence electrons. The Bertz CT molecular complexity index is 700. The van der Waals surface area contributed by atoms with E-state index in [9.17, 15) is 13.2 Å². The topological polar surface area (TPSA) is 72.5 Å². The minimum Gasteiger partial charge on any atom is -0.483 e. The van der Waals surface area contributed by atoms with Crippen LogP contribution in [-0.2, 0) is 14.6 Å². The maximum atomic E-state index is 12.0. The van der Waals surface area contributed by atoms with Gasteiger partial charge in [-0.15, -0.1) is 0 Å². The van der Waals surface area contributed by atoms with Crippen molar-refractivity contribution in [3.63, 3.8) is 0 Å². The van der Waals surface area contributed by atoms with Crippen LogP contribution in [0.4, 0.5) is 0 Å². The summed E-state index contributed by atoms with van der Waals surface area (Å²) in [5.74, 6) is 0.680. The lowest BCUT2D eigenvalue weighted by Crippen LogP contribution is -2.38. The largest absolute Gasteiger partial charge is 0.483 e. The van der Waals surface area contributed by atoms with Crippen LogP contribution in [0.5, 0.6) is 5.75 Å². The molecule has 1 aliphatic rings. The summed E-state index contributed by atoms with van der Waals surface area (Å²) in [5.41, 5.74) is 1.82. The van der Waals surface area contributed by atoms with Gasteiger partial charge in [0, 0.05) is 11.1 Å². The molecule has 0 aromatic heterocycles. The zero-order chi connectivity index (χ0) is 17.2. The van der Waals surface area contributed by atoms with Gasteiger partial charge in [-0.05, 0) is 42.5 Å². The van der Waals surface area contributed by atoms with E-state index in [1.807, 2.05) is 32.9 Å². The number of benzene rings is 1. The SMILES string of the molecule is Cc1cc(OCC(=O)N[C@H]2CCS(=O)(=O)C2)c(C(C)C)cc1Cl. The highest BCUT2D eigenvalue weighted by molar-refractivity contribution is 7.91. The summed E-state index contributed by atoms with van der Waals surface area (Å²) >= 11 is 6.14. The van der Waals surface area contributed by atoms with Crippen LogP contribution in [0.15, 0.2) is 12.1 Å². The predicted octanol–water partition coefficient (Wildman–Crippen LogP) is 2.45. The molecule has 5 nitrogen and oxygen atoms in total. The third-order valence-electron chi connectivity index (χ3n) is 3.87. The van der Waals surface area contributed by atoms with E-state index in [4.69, 9.17) is 16.3 Å². The van der Waals surface area contributed by atoms with E-state index < -0.39 is 9.84 Å². The maximum absolute atomic E-state index is 12.0. The quantitative estimate of drug-likeness (QED) is 0.876. The Morgan fingerprint density at radius 3 is 2.70 bits per heavy atom. The summed E-state index contributed by atoms with van der Waals surface area (Å²) in [6, 6.07) is 3.37. The number of carbonyl (C=O) groups excluding carboxylic acids is 1. The number of aryl methyl sites for hydroxylation is 1. The van der Waals surface area contributed by atoms with Crippen molar-refractivity contribution in [3.8, 4) is 5.75 Å². The van der Waals surface area contributed by atoms with Crippen LogP contribution in [0, 0.1) is 6.92 Å². The summed E-state index contributed by atoms with van der Waals surface area (Å²) in [6.07, 6.45) is 0.464. The molecule has 1 aromatic rings. The van der Waals surface area contributed by atoms with Gasteiger partial charge in [0.05, 0.1) is 11.5 Å². The highest BCUT2D eigenvalue weighted by Crippen LogP contribution is 2.31. The van der Waals surface area contributed by atoms with Gasteiger partial charge in [0.25, 0.3) is 5.91 Å². The smallest absolute Gasteiger partial charge is 0.258 e. The lowest BCUT2D eigenvalue weighted by Gasteiger charge is -2.17.